The first-order valence-corrected chi connectivity index (χ1v) is 3.83. The summed E-state index contributed by atoms with van der Waals surface area (Å²) in [6.07, 6.45) is 5.60. The molecule has 1 aliphatic rings. The van der Waals surface area contributed by atoms with E-state index < -0.39 is 0 Å². The Morgan fingerprint density at radius 3 is 3.00 bits per heavy atom. The summed E-state index contributed by atoms with van der Waals surface area (Å²) in [6.45, 7) is 3.50. The number of imidazole rings is 1. The van der Waals surface area contributed by atoms with Gasteiger partial charge < -0.3 is 17.0 Å². The molecule has 0 radical (unpaired) electrons. The van der Waals surface area contributed by atoms with E-state index in [1.165, 1.54) is 18.8 Å². The molecule has 0 bridgehead atoms. The smallest absolute Gasteiger partial charge is 0.259 e. The Kier molecular flexibility index (Phi) is 2.37. The highest BCUT2D eigenvalue weighted by Crippen LogP contribution is 2.23. The zero-order chi connectivity index (χ0) is 7.14. The molecule has 2 nitrogen and oxygen atoms in total. The number of rotatable bonds is 0. The molecule has 0 aromatic carbocycles. The Hall–Kier alpha value is -0.310. The molecule has 2 heterocycles. The Morgan fingerprint density at radius 1 is 1.64 bits per heavy atom. The van der Waals surface area contributed by atoms with Gasteiger partial charge in [0.25, 0.3) is 5.82 Å². The van der Waals surface area contributed by atoms with Gasteiger partial charge >= 0.3 is 0 Å². The van der Waals surface area contributed by atoms with E-state index in [0.29, 0.717) is 0 Å². The van der Waals surface area contributed by atoms with Crippen LogP contribution in [-0.4, -0.2) is 4.57 Å². The van der Waals surface area contributed by atoms with Crippen molar-refractivity contribution in [1.82, 2.24) is 4.57 Å². The van der Waals surface area contributed by atoms with Crippen molar-refractivity contribution in [1.29, 1.82) is 0 Å². The average molecular weight is 217 g/mol. The van der Waals surface area contributed by atoms with Crippen LogP contribution >= 0.6 is 0 Å². The summed E-state index contributed by atoms with van der Waals surface area (Å²) in [5.74, 6) is 2.22. The van der Waals surface area contributed by atoms with Gasteiger partial charge in [-0.25, -0.2) is 9.13 Å². The molecule has 0 unspecified atom stereocenters. The fourth-order valence-corrected chi connectivity index (χ4v) is 1.82. The van der Waals surface area contributed by atoms with Crippen LogP contribution in [0.5, 0.6) is 0 Å². The van der Waals surface area contributed by atoms with Crippen LogP contribution in [-0.2, 0) is 13.6 Å². The van der Waals surface area contributed by atoms with Gasteiger partial charge in [-0.2, -0.15) is 0 Å². The minimum absolute atomic E-state index is 0. The lowest BCUT2D eigenvalue weighted by Gasteiger charge is -1.94. The Balaban J connectivity index is 0.000000605. The largest absolute Gasteiger partial charge is 1.00 e. The molecule has 1 aromatic heterocycles. The average Bonchev–Trinajstić information content (AvgIpc) is 2.40. The van der Waals surface area contributed by atoms with E-state index in [1.807, 2.05) is 0 Å². The molecule has 0 amide bonds. The lowest BCUT2D eigenvalue weighted by Crippen LogP contribution is -3.00. The van der Waals surface area contributed by atoms with Gasteiger partial charge in [0.05, 0.1) is 19.5 Å². The molecule has 0 N–H and O–H groups in total. The maximum absolute atomic E-state index is 2.34. The minimum atomic E-state index is 0. The lowest BCUT2D eigenvalue weighted by atomic mass is 10.1. The van der Waals surface area contributed by atoms with Crippen LogP contribution in [0, 0.1) is 0 Å². The molecule has 1 aromatic rings. The van der Waals surface area contributed by atoms with Gasteiger partial charge in [-0.15, -0.1) is 0 Å². The number of nitrogens with zero attached hydrogens (tertiary/aromatic N) is 2. The van der Waals surface area contributed by atoms with Crippen molar-refractivity contribution < 1.29 is 21.5 Å². The van der Waals surface area contributed by atoms with Crippen LogP contribution in [0.15, 0.2) is 12.4 Å². The van der Waals surface area contributed by atoms with E-state index in [1.54, 1.807) is 0 Å². The van der Waals surface area contributed by atoms with Gasteiger partial charge in [0, 0.05) is 0 Å². The van der Waals surface area contributed by atoms with Gasteiger partial charge in [0.2, 0.25) is 0 Å². The first-order valence-electron chi connectivity index (χ1n) is 3.83. The highest BCUT2D eigenvalue weighted by atomic mass is 79.9. The molecular weight excluding hydrogens is 204 g/mol. The summed E-state index contributed by atoms with van der Waals surface area (Å²) in [5.41, 5.74) is 0. The molecule has 0 saturated carbocycles. The first kappa shape index (κ1) is 8.78. The van der Waals surface area contributed by atoms with Crippen LogP contribution in [0.25, 0.3) is 0 Å². The molecule has 0 saturated heterocycles. The van der Waals surface area contributed by atoms with E-state index in [2.05, 4.69) is 35.5 Å². The fourth-order valence-electron chi connectivity index (χ4n) is 1.82. The topological polar surface area (TPSA) is 8.81 Å². The summed E-state index contributed by atoms with van der Waals surface area (Å²) < 4.78 is 4.56. The lowest BCUT2D eigenvalue weighted by molar-refractivity contribution is -0.679. The molecule has 3 heteroatoms. The van der Waals surface area contributed by atoms with E-state index in [0.717, 1.165) is 5.92 Å². The highest BCUT2D eigenvalue weighted by Gasteiger charge is 2.27. The standard InChI is InChI=1S/C8H13N2.BrH/c1-7-3-4-10-6-5-9(2)8(7)10;/h5-7H,3-4H2,1-2H3;1H/q+1;/p-1/t7-;/m1./s1. The summed E-state index contributed by atoms with van der Waals surface area (Å²) in [7, 11) is 2.12. The van der Waals surface area contributed by atoms with Crippen molar-refractivity contribution >= 4 is 0 Å². The predicted octanol–water partition coefficient (Wildman–Crippen LogP) is -2.18. The normalized spacial score (nSPS) is 21.1. The molecule has 0 spiro atoms. The number of halogens is 1. The highest BCUT2D eigenvalue weighted by molar-refractivity contribution is 4.96. The van der Waals surface area contributed by atoms with Crippen molar-refractivity contribution in [3.63, 3.8) is 0 Å². The monoisotopic (exact) mass is 216 g/mol. The second-order valence-corrected chi connectivity index (χ2v) is 3.15. The van der Waals surface area contributed by atoms with Gasteiger partial charge in [-0.3, -0.25) is 0 Å². The van der Waals surface area contributed by atoms with Crippen molar-refractivity contribution in [2.45, 2.75) is 25.8 Å². The quantitative estimate of drug-likeness (QED) is 0.437. The van der Waals surface area contributed by atoms with E-state index in [4.69, 9.17) is 0 Å². The van der Waals surface area contributed by atoms with Gasteiger partial charge in [-0.05, 0) is 6.42 Å². The summed E-state index contributed by atoms with van der Waals surface area (Å²) in [5, 5.41) is 0. The fraction of sp³-hybridized carbons (Fsp3) is 0.625. The zero-order valence-electron chi connectivity index (χ0n) is 6.92. The second kappa shape index (κ2) is 2.97. The van der Waals surface area contributed by atoms with Crippen LogP contribution in [0.4, 0.5) is 0 Å². The molecule has 1 aliphatic heterocycles. The van der Waals surface area contributed by atoms with Crippen LogP contribution < -0.4 is 21.5 Å². The van der Waals surface area contributed by atoms with E-state index >= 15 is 0 Å². The maximum atomic E-state index is 2.34. The molecule has 1 atom stereocenters. The van der Waals surface area contributed by atoms with Crippen LogP contribution in [0.3, 0.4) is 0 Å². The predicted molar refractivity (Wildman–Crippen MR) is 38.6 cm³/mol. The zero-order valence-corrected chi connectivity index (χ0v) is 8.50. The van der Waals surface area contributed by atoms with Crippen molar-refractivity contribution in [3.8, 4) is 0 Å². The number of hydrogen-bond donors (Lipinski definition) is 0. The maximum Gasteiger partial charge on any atom is 0.259 e. The van der Waals surface area contributed by atoms with Crippen LogP contribution in [0.1, 0.15) is 25.1 Å². The Bertz CT molecular complexity index is 255. The van der Waals surface area contributed by atoms with Crippen molar-refractivity contribution in [2.75, 3.05) is 0 Å². The molecule has 0 aliphatic carbocycles. The molecule has 11 heavy (non-hydrogen) atoms. The Labute approximate surface area is 77.6 Å². The van der Waals surface area contributed by atoms with E-state index in [-0.39, 0.29) is 17.0 Å². The minimum Gasteiger partial charge on any atom is -1.00 e. The van der Waals surface area contributed by atoms with Crippen molar-refractivity contribution in [3.05, 3.63) is 18.2 Å². The first-order chi connectivity index (χ1) is 4.79. The Morgan fingerprint density at radius 2 is 2.36 bits per heavy atom. The summed E-state index contributed by atoms with van der Waals surface area (Å²) in [6, 6.07) is 0. The van der Waals surface area contributed by atoms with Gasteiger partial charge in [-0.1, -0.05) is 6.92 Å². The molecule has 0 fully saturated rings. The molecular formula is C8H13BrN2. The SMILES string of the molecule is C[C@@H]1CCn2cc[n+](C)c21.[Br-]. The van der Waals surface area contributed by atoms with E-state index in [9.17, 15) is 0 Å². The second-order valence-electron chi connectivity index (χ2n) is 3.15. The number of fused-ring (bicyclic) bond motifs is 1. The number of aryl methyl sites for hydroxylation is 2. The van der Waals surface area contributed by atoms with Gasteiger partial charge in [0.1, 0.15) is 12.4 Å². The summed E-state index contributed by atoms with van der Waals surface area (Å²) >= 11 is 0. The van der Waals surface area contributed by atoms with Crippen LogP contribution in [0.2, 0.25) is 0 Å². The summed E-state index contributed by atoms with van der Waals surface area (Å²) in [4.78, 5) is 0. The number of aromatic nitrogens is 2. The third-order valence-corrected chi connectivity index (χ3v) is 2.37. The third-order valence-electron chi connectivity index (χ3n) is 2.37. The molecule has 62 valence electrons. The van der Waals surface area contributed by atoms with Gasteiger partial charge in [0.15, 0.2) is 0 Å². The number of hydrogen-bond acceptors (Lipinski definition) is 0. The third kappa shape index (κ3) is 1.22. The van der Waals surface area contributed by atoms with Crippen molar-refractivity contribution in [2.24, 2.45) is 7.05 Å². The molecule has 2 rings (SSSR count).